The third kappa shape index (κ3) is 2.28. The Kier molecular flexibility index (Phi) is 3.32. The average molecular weight is 252 g/mol. The first-order valence-electron chi connectivity index (χ1n) is 7.39. The summed E-state index contributed by atoms with van der Waals surface area (Å²) >= 11 is 0. The number of aliphatic hydroxyl groups is 1. The third-order valence-corrected chi connectivity index (χ3v) is 4.81. The van der Waals surface area contributed by atoms with Crippen LogP contribution in [0.5, 0.6) is 0 Å². The molecule has 2 heterocycles. The van der Waals surface area contributed by atoms with Crippen molar-refractivity contribution in [3.8, 4) is 0 Å². The molecule has 1 N–H and O–H groups in total. The van der Waals surface area contributed by atoms with Gasteiger partial charge < -0.3 is 10.0 Å². The molecule has 3 atom stereocenters. The van der Waals surface area contributed by atoms with E-state index in [0.29, 0.717) is 17.9 Å². The van der Waals surface area contributed by atoms with E-state index in [9.17, 15) is 9.90 Å². The zero-order chi connectivity index (χ0) is 12.7. The van der Waals surface area contributed by atoms with Gasteiger partial charge in [-0.1, -0.05) is 0 Å². The predicted octanol–water partition coefficient (Wildman–Crippen LogP) is 0.842. The summed E-state index contributed by atoms with van der Waals surface area (Å²) in [6.45, 7) is 4.75. The number of rotatable bonds is 3. The molecule has 3 unspecified atom stereocenters. The van der Waals surface area contributed by atoms with Crippen LogP contribution < -0.4 is 0 Å². The van der Waals surface area contributed by atoms with Crippen molar-refractivity contribution in [2.75, 3.05) is 19.6 Å². The molecule has 0 bridgehead atoms. The maximum atomic E-state index is 12.4. The Morgan fingerprint density at radius 2 is 2.00 bits per heavy atom. The molecule has 2 saturated heterocycles. The van der Waals surface area contributed by atoms with Gasteiger partial charge >= 0.3 is 0 Å². The van der Waals surface area contributed by atoms with E-state index in [2.05, 4.69) is 9.80 Å². The largest absolute Gasteiger partial charge is 0.393 e. The third-order valence-electron chi connectivity index (χ3n) is 4.81. The monoisotopic (exact) mass is 252 g/mol. The number of nitrogens with zero attached hydrogens (tertiary/aromatic N) is 2. The predicted molar refractivity (Wildman–Crippen MR) is 69.1 cm³/mol. The Hall–Kier alpha value is -0.610. The van der Waals surface area contributed by atoms with Crippen molar-refractivity contribution in [3.05, 3.63) is 0 Å². The van der Waals surface area contributed by atoms with Crippen LogP contribution in [-0.2, 0) is 4.79 Å². The van der Waals surface area contributed by atoms with E-state index in [1.807, 2.05) is 6.92 Å². The van der Waals surface area contributed by atoms with Gasteiger partial charge in [-0.3, -0.25) is 9.69 Å². The molecule has 3 aliphatic rings. The Labute approximate surface area is 109 Å². The van der Waals surface area contributed by atoms with Gasteiger partial charge in [0, 0.05) is 19.1 Å². The molecule has 2 aliphatic heterocycles. The van der Waals surface area contributed by atoms with Crippen LogP contribution in [0.1, 0.15) is 39.0 Å². The van der Waals surface area contributed by atoms with Crippen LogP contribution in [0.2, 0.25) is 0 Å². The molecule has 0 radical (unpaired) electrons. The van der Waals surface area contributed by atoms with Gasteiger partial charge in [-0.05, 0) is 51.5 Å². The molecule has 1 saturated carbocycles. The molecule has 1 amide bonds. The number of piperidine rings is 1. The molecule has 18 heavy (non-hydrogen) atoms. The lowest BCUT2D eigenvalue weighted by atomic mass is 9.92. The zero-order valence-corrected chi connectivity index (χ0v) is 11.2. The highest BCUT2D eigenvalue weighted by atomic mass is 16.3. The number of aliphatic hydroxyl groups excluding tert-OH is 1. The number of carbonyl (C=O) groups is 1. The van der Waals surface area contributed by atoms with E-state index >= 15 is 0 Å². The van der Waals surface area contributed by atoms with E-state index < -0.39 is 0 Å². The minimum Gasteiger partial charge on any atom is -0.393 e. The molecule has 0 aromatic heterocycles. The fraction of sp³-hybridized carbons (Fsp3) is 0.929. The normalized spacial score (nSPS) is 36.1. The van der Waals surface area contributed by atoms with Crippen molar-refractivity contribution < 1.29 is 9.90 Å². The molecular formula is C14H24N2O2. The first-order chi connectivity index (χ1) is 8.66. The smallest absolute Gasteiger partial charge is 0.240 e. The number of likely N-dealkylation sites (tertiary alicyclic amines) is 2. The van der Waals surface area contributed by atoms with Crippen molar-refractivity contribution in [3.63, 3.8) is 0 Å². The van der Waals surface area contributed by atoms with Gasteiger partial charge in [-0.25, -0.2) is 0 Å². The zero-order valence-electron chi connectivity index (χ0n) is 11.2. The van der Waals surface area contributed by atoms with Gasteiger partial charge in [0.05, 0.1) is 12.1 Å². The van der Waals surface area contributed by atoms with E-state index in [1.54, 1.807) is 0 Å². The second kappa shape index (κ2) is 4.82. The van der Waals surface area contributed by atoms with E-state index in [-0.39, 0.29) is 12.1 Å². The fourth-order valence-electron chi connectivity index (χ4n) is 3.49. The van der Waals surface area contributed by atoms with Gasteiger partial charge in [0.25, 0.3) is 0 Å². The summed E-state index contributed by atoms with van der Waals surface area (Å²) in [6.07, 6.45) is 5.36. The molecule has 0 spiro atoms. The quantitative estimate of drug-likeness (QED) is 0.809. The number of hydrogen-bond acceptors (Lipinski definition) is 3. The van der Waals surface area contributed by atoms with Crippen LogP contribution in [0, 0.1) is 5.92 Å². The summed E-state index contributed by atoms with van der Waals surface area (Å²) in [4.78, 5) is 16.8. The molecule has 0 aromatic rings. The molecule has 0 aromatic carbocycles. The number of amides is 1. The van der Waals surface area contributed by atoms with Crippen LogP contribution in [0.15, 0.2) is 0 Å². The highest BCUT2D eigenvalue weighted by Gasteiger charge is 2.43. The Balaban J connectivity index is 1.62. The lowest BCUT2D eigenvalue weighted by Gasteiger charge is -2.37. The standard InChI is InChI=1S/C14H24N2O2/c1-10(17)11-3-2-7-15(9-11)13-6-8-16(14(13)18)12-4-5-12/h10-13,17H,2-9H2,1H3. The maximum absolute atomic E-state index is 12.4. The molecule has 4 heteroatoms. The highest BCUT2D eigenvalue weighted by molar-refractivity contribution is 5.84. The van der Waals surface area contributed by atoms with Gasteiger partial charge in [0.1, 0.15) is 0 Å². The summed E-state index contributed by atoms with van der Waals surface area (Å²) in [5, 5.41) is 9.73. The number of hydrogen-bond donors (Lipinski definition) is 1. The van der Waals surface area contributed by atoms with E-state index in [1.165, 1.54) is 12.8 Å². The van der Waals surface area contributed by atoms with Gasteiger partial charge in [-0.15, -0.1) is 0 Å². The van der Waals surface area contributed by atoms with E-state index in [0.717, 1.165) is 38.9 Å². The van der Waals surface area contributed by atoms with Crippen molar-refractivity contribution >= 4 is 5.91 Å². The first-order valence-corrected chi connectivity index (χ1v) is 7.39. The summed E-state index contributed by atoms with van der Waals surface area (Å²) in [5.41, 5.74) is 0. The molecule has 4 nitrogen and oxygen atoms in total. The van der Waals surface area contributed by atoms with Gasteiger partial charge in [-0.2, -0.15) is 0 Å². The number of carbonyl (C=O) groups excluding carboxylic acids is 1. The SMILES string of the molecule is CC(O)C1CCCN(C2CCN(C3CC3)C2=O)C1. The molecule has 3 rings (SSSR count). The van der Waals surface area contributed by atoms with Crippen LogP contribution in [-0.4, -0.2) is 58.6 Å². The molecule has 102 valence electrons. The fourth-order valence-corrected chi connectivity index (χ4v) is 3.49. The topological polar surface area (TPSA) is 43.8 Å². The molecular weight excluding hydrogens is 228 g/mol. The van der Waals surface area contributed by atoms with Crippen LogP contribution in [0.3, 0.4) is 0 Å². The second-order valence-corrected chi connectivity index (χ2v) is 6.21. The Bertz CT molecular complexity index is 328. The lowest BCUT2D eigenvalue weighted by molar-refractivity contribution is -0.133. The summed E-state index contributed by atoms with van der Waals surface area (Å²) in [5.74, 6) is 0.699. The van der Waals surface area contributed by atoms with Crippen molar-refractivity contribution in [2.24, 2.45) is 5.92 Å². The second-order valence-electron chi connectivity index (χ2n) is 6.21. The summed E-state index contributed by atoms with van der Waals surface area (Å²) in [7, 11) is 0. The van der Waals surface area contributed by atoms with Crippen molar-refractivity contribution in [1.29, 1.82) is 0 Å². The van der Waals surface area contributed by atoms with E-state index in [4.69, 9.17) is 0 Å². The molecule has 1 aliphatic carbocycles. The maximum Gasteiger partial charge on any atom is 0.240 e. The minimum atomic E-state index is -0.246. The van der Waals surface area contributed by atoms with Crippen LogP contribution >= 0.6 is 0 Å². The Morgan fingerprint density at radius 3 is 2.67 bits per heavy atom. The summed E-state index contributed by atoms with van der Waals surface area (Å²) < 4.78 is 0. The van der Waals surface area contributed by atoms with Gasteiger partial charge in [0.2, 0.25) is 5.91 Å². The molecule has 3 fully saturated rings. The Morgan fingerprint density at radius 1 is 1.22 bits per heavy atom. The first kappa shape index (κ1) is 12.4. The lowest BCUT2D eigenvalue weighted by Crippen LogP contribution is -2.48. The van der Waals surface area contributed by atoms with Crippen molar-refractivity contribution in [1.82, 2.24) is 9.80 Å². The minimum absolute atomic E-state index is 0.104. The highest BCUT2D eigenvalue weighted by Crippen LogP contribution is 2.33. The summed E-state index contributed by atoms with van der Waals surface area (Å²) in [6, 6.07) is 0.659. The van der Waals surface area contributed by atoms with Gasteiger partial charge in [0.15, 0.2) is 0 Å². The van der Waals surface area contributed by atoms with Crippen molar-refractivity contribution in [2.45, 2.75) is 57.2 Å². The van der Waals surface area contributed by atoms with Crippen LogP contribution in [0.4, 0.5) is 0 Å². The van der Waals surface area contributed by atoms with Crippen LogP contribution in [0.25, 0.3) is 0 Å². The average Bonchev–Trinajstić information content (AvgIpc) is 3.13.